The molecule has 3 aromatic rings. The molecule has 1 fully saturated rings. The van der Waals surface area contributed by atoms with E-state index in [1.54, 1.807) is 0 Å². The summed E-state index contributed by atoms with van der Waals surface area (Å²) in [6.45, 7) is 5.33. The molecule has 0 bridgehead atoms. The molecule has 3 heterocycles. The Balaban J connectivity index is 1.18. The van der Waals surface area contributed by atoms with Gasteiger partial charge in [-0.05, 0) is 18.2 Å². The van der Waals surface area contributed by atoms with Gasteiger partial charge in [0.1, 0.15) is 17.9 Å². The highest BCUT2D eigenvalue weighted by Gasteiger charge is 2.26. The van der Waals surface area contributed by atoms with Crippen molar-refractivity contribution in [3.8, 4) is 5.75 Å². The van der Waals surface area contributed by atoms with Crippen molar-refractivity contribution in [2.45, 2.75) is 6.54 Å². The van der Waals surface area contributed by atoms with Gasteiger partial charge >= 0.3 is 0 Å². The number of hydrogen-bond donors (Lipinski definition) is 0. The summed E-state index contributed by atoms with van der Waals surface area (Å²) in [6.07, 6.45) is 0. The van der Waals surface area contributed by atoms with Crippen LogP contribution in [0.25, 0.3) is 11.1 Å². The Labute approximate surface area is 169 Å². The molecular formula is C22H24N4O3. The molecule has 1 saturated heterocycles. The van der Waals surface area contributed by atoms with Gasteiger partial charge in [0.05, 0.1) is 6.54 Å². The normalized spacial score (nSPS) is 17.7. The van der Waals surface area contributed by atoms with Gasteiger partial charge in [-0.15, -0.1) is 0 Å². The van der Waals surface area contributed by atoms with E-state index in [4.69, 9.17) is 9.15 Å². The molecule has 0 unspecified atom stereocenters. The van der Waals surface area contributed by atoms with Crippen LogP contribution in [0.1, 0.15) is 5.56 Å². The standard InChI is InChI=1S/C22H24N4O3/c27-21(16-24-13-14-28-19-7-3-1-5-17(19)15-24)25-9-11-26(12-10-25)22-23-18-6-2-4-8-20(18)29-22/h1-8H,9-16H2. The van der Waals surface area contributed by atoms with Gasteiger partial charge in [-0.3, -0.25) is 9.69 Å². The van der Waals surface area contributed by atoms with E-state index in [1.165, 1.54) is 0 Å². The second kappa shape index (κ2) is 7.75. The van der Waals surface area contributed by atoms with Crippen LogP contribution < -0.4 is 9.64 Å². The summed E-state index contributed by atoms with van der Waals surface area (Å²) < 4.78 is 11.7. The number of rotatable bonds is 3. The molecule has 0 aliphatic carbocycles. The van der Waals surface area contributed by atoms with Gasteiger partial charge in [-0.1, -0.05) is 30.3 Å². The minimum absolute atomic E-state index is 0.168. The second-order valence-electron chi connectivity index (χ2n) is 7.50. The van der Waals surface area contributed by atoms with Crippen LogP contribution >= 0.6 is 0 Å². The fourth-order valence-corrected chi connectivity index (χ4v) is 3.95. The van der Waals surface area contributed by atoms with Gasteiger partial charge in [0, 0.05) is 44.8 Å². The quantitative estimate of drug-likeness (QED) is 0.682. The molecule has 2 aromatic carbocycles. The fraction of sp³-hybridized carbons (Fsp3) is 0.364. The summed E-state index contributed by atoms with van der Waals surface area (Å²) in [5, 5.41) is 0. The van der Waals surface area contributed by atoms with E-state index in [2.05, 4.69) is 20.9 Å². The van der Waals surface area contributed by atoms with Crippen LogP contribution in [0.15, 0.2) is 52.9 Å². The number of amides is 1. The van der Waals surface area contributed by atoms with Gasteiger partial charge in [0.15, 0.2) is 5.58 Å². The lowest BCUT2D eigenvalue weighted by Gasteiger charge is -2.34. The number of oxazole rings is 1. The Bertz CT molecular complexity index is 977. The third-order valence-corrected chi connectivity index (χ3v) is 5.58. The van der Waals surface area contributed by atoms with Gasteiger partial charge in [0.2, 0.25) is 5.91 Å². The number of fused-ring (bicyclic) bond motifs is 2. The maximum Gasteiger partial charge on any atom is 0.298 e. The van der Waals surface area contributed by atoms with Crippen LogP contribution in [0, 0.1) is 0 Å². The van der Waals surface area contributed by atoms with E-state index in [1.807, 2.05) is 47.4 Å². The van der Waals surface area contributed by atoms with Gasteiger partial charge < -0.3 is 19.0 Å². The molecule has 1 aromatic heterocycles. The van der Waals surface area contributed by atoms with Gasteiger partial charge in [0.25, 0.3) is 6.01 Å². The monoisotopic (exact) mass is 392 g/mol. The number of piperazine rings is 1. The molecule has 0 atom stereocenters. The number of para-hydroxylation sites is 3. The minimum Gasteiger partial charge on any atom is -0.492 e. The minimum atomic E-state index is 0.168. The van der Waals surface area contributed by atoms with Crippen LogP contribution in [-0.2, 0) is 11.3 Å². The second-order valence-corrected chi connectivity index (χ2v) is 7.50. The zero-order valence-corrected chi connectivity index (χ0v) is 16.3. The zero-order chi connectivity index (χ0) is 19.6. The Kier molecular flexibility index (Phi) is 4.81. The van der Waals surface area contributed by atoms with Gasteiger partial charge in [-0.25, -0.2) is 0 Å². The maximum absolute atomic E-state index is 12.9. The van der Waals surface area contributed by atoms with Crippen molar-refractivity contribution in [3.63, 3.8) is 0 Å². The molecule has 7 nitrogen and oxygen atoms in total. The number of ether oxygens (including phenoxy) is 1. The van der Waals surface area contributed by atoms with Crippen molar-refractivity contribution in [1.29, 1.82) is 0 Å². The summed E-state index contributed by atoms with van der Waals surface area (Å²) in [7, 11) is 0. The largest absolute Gasteiger partial charge is 0.492 e. The van der Waals surface area contributed by atoms with Crippen molar-refractivity contribution in [1.82, 2.24) is 14.8 Å². The first kappa shape index (κ1) is 18.0. The Morgan fingerprint density at radius 3 is 2.62 bits per heavy atom. The first-order chi connectivity index (χ1) is 14.3. The van der Waals surface area contributed by atoms with Crippen LogP contribution in [0.3, 0.4) is 0 Å². The molecular weight excluding hydrogens is 368 g/mol. The molecule has 0 N–H and O–H groups in total. The van der Waals surface area contributed by atoms with Crippen LogP contribution in [0.5, 0.6) is 5.75 Å². The van der Waals surface area contributed by atoms with E-state index < -0.39 is 0 Å². The number of nitrogens with zero attached hydrogens (tertiary/aromatic N) is 4. The van der Waals surface area contributed by atoms with Crippen molar-refractivity contribution >= 4 is 23.0 Å². The van der Waals surface area contributed by atoms with E-state index in [-0.39, 0.29) is 5.91 Å². The summed E-state index contributed by atoms with van der Waals surface area (Å²) in [6, 6.07) is 16.5. The molecule has 0 spiro atoms. The summed E-state index contributed by atoms with van der Waals surface area (Å²) in [5.41, 5.74) is 2.80. The third-order valence-electron chi connectivity index (χ3n) is 5.58. The molecule has 0 radical (unpaired) electrons. The molecule has 7 heteroatoms. The average Bonchev–Trinajstić information content (AvgIpc) is 3.08. The van der Waals surface area contributed by atoms with Crippen LogP contribution in [0.2, 0.25) is 0 Å². The Morgan fingerprint density at radius 2 is 1.76 bits per heavy atom. The van der Waals surface area contributed by atoms with E-state index in [9.17, 15) is 4.79 Å². The van der Waals surface area contributed by atoms with Crippen LogP contribution in [-0.4, -0.2) is 66.6 Å². The smallest absolute Gasteiger partial charge is 0.298 e. The highest BCUT2D eigenvalue weighted by atomic mass is 16.5. The Morgan fingerprint density at radius 1 is 0.966 bits per heavy atom. The number of benzene rings is 2. The number of anilines is 1. The fourth-order valence-electron chi connectivity index (χ4n) is 3.95. The predicted molar refractivity (Wildman–Crippen MR) is 110 cm³/mol. The van der Waals surface area contributed by atoms with E-state index in [0.717, 1.165) is 48.6 Å². The number of aromatic nitrogens is 1. The highest BCUT2D eigenvalue weighted by molar-refractivity contribution is 5.79. The van der Waals surface area contributed by atoms with Crippen molar-refractivity contribution in [3.05, 3.63) is 54.1 Å². The van der Waals surface area contributed by atoms with Crippen molar-refractivity contribution < 1.29 is 13.9 Å². The summed E-state index contributed by atoms with van der Waals surface area (Å²) >= 11 is 0. The molecule has 0 saturated carbocycles. The van der Waals surface area contributed by atoms with E-state index in [0.29, 0.717) is 32.3 Å². The topological polar surface area (TPSA) is 62.1 Å². The third kappa shape index (κ3) is 3.78. The van der Waals surface area contributed by atoms with Crippen LogP contribution in [0.4, 0.5) is 6.01 Å². The maximum atomic E-state index is 12.9. The average molecular weight is 392 g/mol. The predicted octanol–water partition coefficient (Wildman–Crippen LogP) is 2.37. The molecule has 2 aliphatic rings. The lowest BCUT2D eigenvalue weighted by atomic mass is 10.2. The summed E-state index contributed by atoms with van der Waals surface area (Å²) in [5.74, 6) is 1.09. The molecule has 1 amide bonds. The van der Waals surface area contributed by atoms with Crippen molar-refractivity contribution in [2.24, 2.45) is 0 Å². The Hall–Kier alpha value is -3.06. The number of carbonyl (C=O) groups is 1. The SMILES string of the molecule is O=C(CN1CCOc2ccccc2C1)N1CCN(c2nc3ccccc3o2)CC1. The molecule has 29 heavy (non-hydrogen) atoms. The highest BCUT2D eigenvalue weighted by Crippen LogP contribution is 2.24. The van der Waals surface area contributed by atoms with Gasteiger partial charge in [-0.2, -0.15) is 4.98 Å². The first-order valence-corrected chi connectivity index (χ1v) is 10.1. The number of carbonyl (C=O) groups excluding carboxylic acids is 1. The summed E-state index contributed by atoms with van der Waals surface area (Å²) in [4.78, 5) is 23.6. The first-order valence-electron chi connectivity index (χ1n) is 10.1. The lowest BCUT2D eigenvalue weighted by molar-refractivity contribution is -0.132. The van der Waals surface area contributed by atoms with E-state index >= 15 is 0 Å². The van der Waals surface area contributed by atoms with Crippen molar-refractivity contribution in [2.75, 3.05) is 50.8 Å². The molecule has 5 rings (SSSR count). The molecule has 2 aliphatic heterocycles. The lowest BCUT2D eigenvalue weighted by Crippen LogP contribution is -2.51. The zero-order valence-electron chi connectivity index (χ0n) is 16.3. The number of hydrogen-bond acceptors (Lipinski definition) is 6. The molecule has 150 valence electrons.